The summed E-state index contributed by atoms with van der Waals surface area (Å²) in [6.45, 7) is 1.49. The molecular weight excluding hydrogens is 238 g/mol. The lowest BCUT2D eigenvalue weighted by atomic mass is 10.3. The Kier molecular flexibility index (Phi) is 4.61. The first-order chi connectivity index (χ1) is 8.47. The van der Waals surface area contributed by atoms with Gasteiger partial charge in [0.15, 0.2) is 5.69 Å². The number of urea groups is 1. The third kappa shape index (κ3) is 3.17. The number of carbonyl (C=O) groups excluding carboxylic acids is 1. The molecule has 98 valence electrons. The molecule has 0 aromatic carbocycles. The molecule has 0 bridgehead atoms. The number of anilines is 1. The van der Waals surface area contributed by atoms with Crippen molar-refractivity contribution in [1.82, 2.24) is 9.88 Å². The van der Waals surface area contributed by atoms with E-state index in [9.17, 15) is 9.59 Å². The number of carboxylic acids is 1. The molecule has 0 aliphatic heterocycles. The Bertz CT molecular complexity index is 450. The summed E-state index contributed by atoms with van der Waals surface area (Å²) in [5.74, 6) is -1.22. The topological polar surface area (TPSA) is 103 Å². The van der Waals surface area contributed by atoms with Crippen molar-refractivity contribution in [2.24, 2.45) is 0 Å². The Morgan fingerprint density at radius 3 is 2.78 bits per heavy atom. The number of hydrogen-bond donors (Lipinski definition) is 3. The first kappa shape index (κ1) is 13.9. The molecule has 0 radical (unpaired) electrons. The first-order valence-corrected chi connectivity index (χ1v) is 5.30. The van der Waals surface area contributed by atoms with Gasteiger partial charge in [-0.15, -0.1) is 0 Å². The zero-order valence-electron chi connectivity index (χ0n) is 10.1. The Hall–Kier alpha value is -2.15. The molecule has 1 unspecified atom stereocenters. The van der Waals surface area contributed by atoms with Gasteiger partial charge in [0.1, 0.15) is 0 Å². The predicted molar refractivity (Wildman–Crippen MR) is 64.5 cm³/mol. The number of hydrogen-bond acceptors (Lipinski definition) is 4. The molecule has 7 nitrogen and oxygen atoms in total. The molecule has 0 spiro atoms. The fraction of sp³-hybridized carbons (Fsp3) is 0.364. The largest absolute Gasteiger partial charge is 0.476 e. The van der Waals surface area contributed by atoms with Crippen LogP contribution in [0, 0.1) is 0 Å². The highest BCUT2D eigenvalue weighted by Crippen LogP contribution is 2.13. The predicted octanol–water partition coefficient (Wildman–Crippen LogP) is 0.624. The van der Waals surface area contributed by atoms with Crippen molar-refractivity contribution in [3.8, 4) is 0 Å². The van der Waals surface area contributed by atoms with E-state index in [1.54, 1.807) is 6.92 Å². The normalized spacial score (nSPS) is 11.7. The van der Waals surface area contributed by atoms with Crippen LogP contribution in [0.1, 0.15) is 17.4 Å². The summed E-state index contributed by atoms with van der Waals surface area (Å²) >= 11 is 0. The number of nitrogens with one attached hydrogen (secondary N) is 1. The molecule has 2 amide bonds. The number of aromatic nitrogens is 1. The van der Waals surface area contributed by atoms with Crippen LogP contribution in [0.25, 0.3) is 0 Å². The van der Waals surface area contributed by atoms with Gasteiger partial charge in [-0.3, -0.25) is 0 Å². The van der Waals surface area contributed by atoms with E-state index in [-0.39, 0.29) is 24.0 Å². The summed E-state index contributed by atoms with van der Waals surface area (Å²) < 4.78 is 0. The quantitative estimate of drug-likeness (QED) is 0.730. The Morgan fingerprint density at radius 2 is 2.22 bits per heavy atom. The highest BCUT2D eigenvalue weighted by atomic mass is 16.4. The minimum absolute atomic E-state index is 0.118. The maximum atomic E-state index is 11.8. The van der Waals surface area contributed by atoms with Crippen molar-refractivity contribution in [2.45, 2.75) is 13.0 Å². The van der Waals surface area contributed by atoms with Crippen LogP contribution >= 0.6 is 0 Å². The number of nitrogens with zero attached hydrogens (tertiary/aromatic N) is 2. The molecule has 7 heteroatoms. The number of aliphatic hydroxyl groups excluding tert-OH is 1. The van der Waals surface area contributed by atoms with Crippen molar-refractivity contribution in [3.63, 3.8) is 0 Å². The molecule has 1 atom stereocenters. The smallest absolute Gasteiger partial charge is 0.356 e. The second kappa shape index (κ2) is 5.97. The summed E-state index contributed by atoms with van der Waals surface area (Å²) in [6.07, 6.45) is 1.33. The number of amides is 2. The summed E-state index contributed by atoms with van der Waals surface area (Å²) in [4.78, 5) is 27.6. The van der Waals surface area contributed by atoms with Gasteiger partial charge < -0.3 is 20.4 Å². The molecule has 0 fully saturated rings. The van der Waals surface area contributed by atoms with Gasteiger partial charge in [-0.05, 0) is 19.1 Å². The molecule has 0 aliphatic rings. The summed E-state index contributed by atoms with van der Waals surface area (Å²) in [6, 6.07) is 2.10. The maximum absolute atomic E-state index is 11.8. The van der Waals surface area contributed by atoms with Crippen LogP contribution < -0.4 is 5.32 Å². The average molecular weight is 253 g/mol. The summed E-state index contributed by atoms with van der Waals surface area (Å²) in [5, 5.41) is 20.3. The molecule has 0 aliphatic carbocycles. The SMILES string of the molecule is CC(CO)N(C)C(=O)Nc1cccnc1C(=O)O. The van der Waals surface area contributed by atoms with Crippen molar-refractivity contribution in [2.75, 3.05) is 19.0 Å². The van der Waals surface area contributed by atoms with Crippen LogP contribution in [-0.4, -0.2) is 51.8 Å². The van der Waals surface area contributed by atoms with Gasteiger partial charge in [-0.1, -0.05) is 0 Å². The monoisotopic (exact) mass is 253 g/mol. The Labute approximate surface area is 104 Å². The minimum Gasteiger partial charge on any atom is -0.476 e. The number of rotatable bonds is 4. The molecule has 18 heavy (non-hydrogen) atoms. The van der Waals surface area contributed by atoms with Crippen LogP contribution in [0.5, 0.6) is 0 Å². The highest BCUT2D eigenvalue weighted by molar-refractivity contribution is 5.98. The van der Waals surface area contributed by atoms with Gasteiger partial charge in [0.2, 0.25) is 0 Å². The third-order valence-electron chi connectivity index (χ3n) is 2.50. The van der Waals surface area contributed by atoms with E-state index < -0.39 is 12.0 Å². The molecule has 1 aromatic heterocycles. The molecule has 3 N–H and O–H groups in total. The van der Waals surface area contributed by atoms with E-state index in [0.717, 1.165) is 0 Å². The Morgan fingerprint density at radius 1 is 1.56 bits per heavy atom. The second-order valence-corrected chi connectivity index (χ2v) is 3.78. The summed E-state index contributed by atoms with van der Waals surface area (Å²) in [5.41, 5.74) is -0.108. The van der Waals surface area contributed by atoms with Gasteiger partial charge in [-0.2, -0.15) is 0 Å². The van der Waals surface area contributed by atoms with Crippen molar-refractivity contribution >= 4 is 17.7 Å². The van der Waals surface area contributed by atoms with Crippen LogP contribution in [0.3, 0.4) is 0 Å². The maximum Gasteiger partial charge on any atom is 0.356 e. The van der Waals surface area contributed by atoms with Crippen molar-refractivity contribution in [1.29, 1.82) is 0 Å². The number of likely N-dealkylation sites (N-methyl/N-ethyl adjacent to an activating group) is 1. The zero-order valence-corrected chi connectivity index (χ0v) is 10.1. The molecule has 1 heterocycles. The standard InChI is InChI=1S/C11H15N3O4/c1-7(6-15)14(2)11(18)13-8-4-3-5-12-9(8)10(16)17/h3-5,7,15H,6H2,1-2H3,(H,13,18)(H,16,17). The minimum atomic E-state index is -1.22. The highest BCUT2D eigenvalue weighted by Gasteiger charge is 2.18. The van der Waals surface area contributed by atoms with Gasteiger partial charge in [0, 0.05) is 13.2 Å². The van der Waals surface area contributed by atoms with Crippen LogP contribution in [0.2, 0.25) is 0 Å². The number of aliphatic hydroxyl groups is 1. The van der Waals surface area contributed by atoms with Gasteiger partial charge in [0.05, 0.1) is 18.3 Å². The number of aromatic carboxylic acids is 1. The zero-order chi connectivity index (χ0) is 13.7. The van der Waals surface area contributed by atoms with Crippen LogP contribution in [0.4, 0.5) is 10.5 Å². The molecule has 1 aromatic rings. The fourth-order valence-electron chi connectivity index (χ4n) is 1.20. The number of carboxylic acid groups (broad SMARTS) is 1. The lowest BCUT2D eigenvalue weighted by Crippen LogP contribution is -2.40. The van der Waals surface area contributed by atoms with Crippen molar-refractivity contribution < 1.29 is 19.8 Å². The lowest BCUT2D eigenvalue weighted by Gasteiger charge is -2.23. The van der Waals surface area contributed by atoms with Gasteiger partial charge in [-0.25, -0.2) is 14.6 Å². The van der Waals surface area contributed by atoms with E-state index in [1.165, 1.54) is 30.3 Å². The molecule has 1 rings (SSSR count). The average Bonchev–Trinajstić information content (AvgIpc) is 2.37. The Balaban J connectivity index is 2.85. The molecule has 0 saturated heterocycles. The van der Waals surface area contributed by atoms with E-state index in [0.29, 0.717) is 0 Å². The molecule has 0 saturated carbocycles. The van der Waals surface area contributed by atoms with E-state index in [1.807, 2.05) is 0 Å². The summed E-state index contributed by atoms with van der Waals surface area (Å²) in [7, 11) is 1.51. The number of pyridine rings is 1. The van der Waals surface area contributed by atoms with Crippen LogP contribution in [0.15, 0.2) is 18.3 Å². The molecular formula is C11H15N3O4. The first-order valence-electron chi connectivity index (χ1n) is 5.30. The third-order valence-corrected chi connectivity index (χ3v) is 2.50. The van der Waals surface area contributed by atoms with E-state index in [2.05, 4.69) is 10.3 Å². The van der Waals surface area contributed by atoms with Gasteiger partial charge in [0.25, 0.3) is 0 Å². The van der Waals surface area contributed by atoms with Gasteiger partial charge >= 0.3 is 12.0 Å². The van der Waals surface area contributed by atoms with Crippen molar-refractivity contribution in [3.05, 3.63) is 24.0 Å². The second-order valence-electron chi connectivity index (χ2n) is 3.78. The van der Waals surface area contributed by atoms with E-state index >= 15 is 0 Å². The van der Waals surface area contributed by atoms with Crippen LogP contribution in [-0.2, 0) is 0 Å². The number of carbonyl (C=O) groups is 2. The lowest BCUT2D eigenvalue weighted by molar-refractivity contribution is 0.0691. The fourth-order valence-corrected chi connectivity index (χ4v) is 1.20. The van der Waals surface area contributed by atoms with E-state index in [4.69, 9.17) is 10.2 Å².